The first-order chi connectivity index (χ1) is 7.47. The summed E-state index contributed by atoms with van der Waals surface area (Å²) in [5.74, 6) is -0.562. The summed E-state index contributed by atoms with van der Waals surface area (Å²) in [6.45, 7) is 2.58. The summed E-state index contributed by atoms with van der Waals surface area (Å²) in [4.78, 5) is 36.8. The lowest BCUT2D eigenvalue weighted by Gasteiger charge is -2.16. The van der Waals surface area contributed by atoms with E-state index in [1.54, 1.807) is 11.9 Å². The molecule has 1 atom stereocenters. The van der Waals surface area contributed by atoms with E-state index < -0.39 is 6.04 Å². The molecule has 1 fully saturated rings. The van der Waals surface area contributed by atoms with Crippen LogP contribution in [0.15, 0.2) is 0 Å². The van der Waals surface area contributed by atoms with Crippen LogP contribution < -0.4 is 5.32 Å². The second-order valence-corrected chi connectivity index (χ2v) is 3.84. The molecule has 0 radical (unpaired) electrons. The highest BCUT2D eigenvalue weighted by atomic mass is 16.2. The van der Waals surface area contributed by atoms with Gasteiger partial charge in [0.1, 0.15) is 0 Å². The number of nitrogens with one attached hydrogen (secondary N) is 1. The van der Waals surface area contributed by atoms with Crippen molar-refractivity contribution < 1.29 is 14.4 Å². The number of amides is 3. The van der Waals surface area contributed by atoms with Crippen molar-refractivity contribution in [2.45, 2.75) is 19.4 Å². The van der Waals surface area contributed by atoms with Gasteiger partial charge in [0.05, 0.1) is 19.0 Å². The van der Waals surface area contributed by atoms with Gasteiger partial charge in [0.15, 0.2) is 0 Å². The Balaban J connectivity index is 2.43. The van der Waals surface area contributed by atoms with Crippen molar-refractivity contribution in [1.82, 2.24) is 15.1 Å². The molecule has 1 N–H and O–H groups in total. The lowest BCUT2D eigenvalue weighted by Crippen LogP contribution is -2.43. The number of hydrogen-bond acceptors (Lipinski definition) is 4. The molecule has 6 nitrogen and oxygen atoms in total. The van der Waals surface area contributed by atoms with Crippen molar-refractivity contribution in [1.29, 1.82) is 0 Å². The molecule has 1 saturated heterocycles. The minimum atomic E-state index is -0.549. The van der Waals surface area contributed by atoms with E-state index in [1.165, 1.54) is 7.05 Å². The third-order valence-corrected chi connectivity index (χ3v) is 2.78. The number of likely N-dealkylation sites (N-methyl/N-ethyl adjacent to an activating group) is 2. The summed E-state index contributed by atoms with van der Waals surface area (Å²) in [6.07, 6.45) is 0.137. The number of rotatable bonds is 4. The molecule has 0 aliphatic carbocycles. The molecule has 1 rings (SSSR count). The topological polar surface area (TPSA) is 69.7 Å². The average molecular weight is 227 g/mol. The van der Waals surface area contributed by atoms with Crippen LogP contribution in [0.25, 0.3) is 0 Å². The Bertz CT molecular complexity index is 316. The van der Waals surface area contributed by atoms with E-state index in [2.05, 4.69) is 5.32 Å². The highest BCUT2D eigenvalue weighted by Crippen LogP contribution is 2.09. The number of carbonyl (C=O) groups excluding carboxylic acids is 3. The van der Waals surface area contributed by atoms with Gasteiger partial charge in [-0.2, -0.15) is 0 Å². The first-order valence-electron chi connectivity index (χ1n) is 5.25. The second-order valence-electron chi connectivity index (χ2n) is 3.84. The zero-order chi connectivity index (χ0) is 12.3. The van der Waals surface area contributed by atoms with E-state index in [1.807, 2.05) is 6.92 Å². The molecule has 1 aliphatic heterocycles. The van der Waals surface area contributed by atoms with Gasteiger partial charge in [-0.05, 0) is 6.92 Å². The van der Waals surface area contributed by atoms with E-state index >= 15 is 0 Å². The first kappa shape index (κ1) is 12.6. The molecule has 0 saturated carbocycles. The van der Waals surface area contributed by atoms with E-state index in [4.69, 9.17) is 0 Å². The fourth-order valence-electron chi connectivity index (χ4n) is 1.44. The van der Waals surface area contributed by atoms with E-state index in [0.29, 0.717) is 6.54 Å². The number of imide groups is 1. The Kier molecular flexibility index (Phi) is 4.00. The maximum Gasteiger partial charge on any atom is 0.246 e. The van der Waals surface area contributed by atoms with Crippen molar-refractivity contribution in [3.8, 4) is 0 Å². The van der Waals surface area contributed by atoms with Crippen LogP contribution >= 0.6 is 0 Å². The van der Waals surface area contributed by atoms with Gasteiger partial charge < -0.3 is 4.90 Å². The van der Waals surface area contributed by atoms with E-state index in [9.17, 15) is 14.4 Å². The van der Waals surface area contributed by atoms with Crippen LogP contribution in [0, 0.1) is 0 Å². The molecule has 0 spiro atoms. The molecule has 3 amide bonds. The third kappa shape index (κ3) is 2.57. The van der Waals surface area contributed by atoms with E-state index in [0.717, 1.165) is 4.90 Å². The zero-order valence-corrected chi connectivity index (χ0v) is 9.82. The summed E-state index contributed by atoms with van der Waals surface area (Å²) in [7, 11) is 3.14. The molecule has 0 aromatic carbocycles. The molecular weight excluding hydrogens is 210 g/mol. The van der Waals surface area contributed by atoms with Crippen LogP contribution in [-0.2, 0) is 14.4 Å². The van der Waals surface area contributed by atoms with Gasteiger partial charge in [-0.25, -0.2) is 0 Å². The molecule has 16 heavy (non-hydrogen) atoms. The number of hydrogen-bond donors (Lipinski definition) is 1. The standard InChI is InChI=1S/C10H17N3O3/c1-4-12(2)9(15)6-11-7-5-8(14)13(3)10(7)16/h7,11H,4-6H2,1-3H3. The SMILES string of the molecule is CCN(C)C(=O)CNC1CC(=O)N(C)C1=O. The lowest BCUT2D eigenvalue weighted by molar-refractivity contribution is -0.137. The molecular formula is C10H17N3O3. The summed E-state index contributed by atoms with van der Waals surface area (Å²) < 4.78 is 0. The van der Waals surface area contributed by atoms with Crippen LogP contribution in [-0.4, -0.2) is 60.7 Å². The normalized spacial score (nSPS) is 20.4. The quantitative estimate of drug-likeness (QED) is 0.613. The van der Waals surface area contributed by atoms with Crippen molar-refractivity contribution >= 4 is 17.7 Å². The molecule has 0 aromatic rings. The lowest BCUT2D eigenvalue weighted by atomic mass is 10.2. The highest BCUT2D eigenvalue weighted by Gasteiger charge is 2.35. The highest BCUT2D eigenvalue weighted by molar-refractivity contribution is 6.05. The molecule has 0 aromatic heterocycles. The molecule has 6 heteroatoms. The van der Waals surface area contributed by atoms with E-state index in [-0.39, 0.29) is 30.7 Å². The van der Waals surface area contributed by atoms with Gasteiger partial charge >= 0.3 is 0 Å². The summed E-state index contributed by atoms with van der Waals surface area (Å²) in [5, 5.41) is 2.80. The van der Waals surface area contributed by atoms with Crippen molar-refractivity contribution in [3.63, 3.8) is 0 Å². The smallest absolute Gasteiger partial charge is 0.246 e. The Hall–Kier alpha value is -1.43. The second kappa shape index (κ2) is 5.07. The van der Waals surface area contributed by atoms with Gasteiger partial charge in [0.2, 0.25) is 17.7 Å². The molecule has 1 aliphatic rings. The molecule has 1 heterocycles. The van der Waals surface area contributed by atoms with Crippen molar-refractivity contribution in [2.24, 2.45) is 0 Å². The van der Waals surface area contributed by atoms with Crippen LogP contribution in [0.2, 0.25) is 0 Å². The van der Waals surface area contributed by atoms with Gasteiger partial charge in [-0.1, -0.05) is 0 Å². The maximum atomic E-state index is 11.5. The Labute approximate surface area is 94.6 Å². The Morgan fingerprint density at radius 1 is 1.56 bits per heavy atom. The minimum absolute atomic E-state index is 0.0852. The van der Waals surface area contributed by atoms with Crippen LogP contribution in [0.5, 0.6) is 0 Å². The largest absolute Gasteiger partial charge is 0.345 e. The molecule has 90 valence electrons. The Morgan fingerprint density at radius 3 is 2.62 bits per heavy atom. The van der Waals surface area contributed by atoms with Crippen molar-refractivity contribution in [2.75, 3.05) is 27.2 Å². The summed E-state index contributed by atoms with van der Waals surface area (Å²) >= 11 is 0. The van der Waals surface area contributed by atoms with Crippen LogP contribution in [0.3, 0.4) is 0 Å². The molecule has 1 unspecified atom stereocenters. The third-order valence-electron chi connectivity index (χ3n) is 2.78. The minimum Gasteiger partial charge on any atom is -0.345 e. The van der Waals surface area contributed by atoms with Crippen LogP contribution in [0.1, 0.15) is 13.3 Å². The number of carbonyl (C=O) groups is 3. The fraction of sp³-hybridized carbons (Fsp3) is 0.700. The predicted octanol–water partition coefficient (Wildman–Crippen LogP) is -1.19. The summed E-state index contributed by atoms with van der Waals surface area (Å²) in [6, 6.07) is -0.549. The average Bonchev–Trinajstić information content (AvgIpc) is 2.52. The monoisotopic (exact) mass is 227 g/mol. The fourth-order valence-corrected chi connectivity index (χ4v) is 1.44. The Morgan fingerprint density at radius 2 is 2.19 bits per heavy atom. The van der Waals surface area contributed by atoms with Crippen LogP contribution in [0.4, 0.5) is 0 Å². The van der Waals surface area contributed by atoms with Gasteiger partial charge in [0, 0.05) is 20.6 Å². The first-order valence-corrected chi connectivity index (χ1v) is 5.25. The summed E-state index contributed by atoms with van der Waals surface area (Å²) in [5.41, 5.74) is 0. The number of nitrogens with zero attached hydrogens (tertiary/aromatic N) is 2. The zero-order valence-electron chi connectivity index (χ0n) is 9.82. The van der Waals surface area contributed by atoms with Gasteiger partial charge in [-0.15, -0.1) is 0 Å². The molecule has 0 bridgehead atoms. The van der Waals surface area contributed by atoms with Gasteiger partial charge in [-0.3, -0.25) is 24.6 Å². The predicted molar refractivity (Wildman–Crippen MR) is 57.5 cm³/mol. The van der Waals surface area contributed by atoms with Gasteiger partial charge in [0.25, 0.3) is 0 Å². The maximum absolute atomic E-state index is 11.5. The van der Waals surface area contributed by atoms with Crippen molar-refractivity contribution in [3.05, 3.63) is 0 Å². The number of likely N-dealkylation sites (tertiary alicyclic amines) is 1.